The lowest BCUT2D eigenvalue weighted by Crippen LogP contribution is -2.41. The van der Waals surface area contributed by atoms with E-state index in [4.69, 9.17) is 10.00 Å². The van der Waals surface area contributed by atoms with Crippen LogP contribution in [-0.2, 0) is 11.2 Å². The molecule has 1 N–H and O–H groups in total. The second-order valence-corrected chi connectivity index (χ2v) is 6.06. The molecule has 0 aliphatic heterocycles. The molecule has 0 atom stereocenters. The van der Waals surface area contributed by atoms with Gasteiger partial charge in [-0.1, -0.05) is 26.0 Å². The molecule has 0 radical (unpaired) electrons. The van der Waals surface area contributed by atoms with E-state index in [-0.39, 0.29) is 0 Å². The number of rotatable bonds is 6. The summed E-state index contributed by atoms with van der Waals surface area (Å²) in [6.45, 7) is 5.26. The van der Waals surface area contributed by atoms with Crippen LogP contribution < -0.4 is 0 Å². The molecule has 0 bridgehead atoms. The summed E-state index contributed by atoms with van der Waals surface area (Å²) in [7, 11) is 0. The fourth-order valence-electron chi connectivity index (χ4n) is 2.46. The van der Waals surface area contributed by atoms with Gasteiger partial charge < -0.3 is 9.84 Å². The van der Waals surface area contributed by atoms with Crippen LogP contribution in [0.4, 0.5) is 0 Å². The van der Waals surface area contributed by atoms with Crippen LogP contribution in [0, 0.1) is 11.3 Å². The van der Waals surface area contributed by atoms with E-state index < -0.39 is 5.60 Å². The molecule has 0 amide bonds. The summed E-state index contributed by atoms with van der Waals surface area (Å²) in [6.07, 6.45) is 3.51. The van der Waals surface area contributed by atoms with Crippen molar-refractivity contribution in [3.05, 3.63) is 34.9 Å². The van der Waals surface area contributed by atoms with E-state index in [0.717, 1.165) is 36.8 Å². The Kier molecular flexibility index (Phi) is 4.80. The number of aliphatic hydroxyl groups is 1. The topological polar surface area (TPSA) is 53.2 Å². The molecule has 1 aliphatic carbocycles. The number of nitriles is 1. The van der Waals surface area contributed by atoms with Gasteiger partial charge in [0.2, 0.25) is 0 Å². The van der Waals surface area contributed by atoms with Gasteiger partial charge in [0.15, 0.2) is 0 Å². The minimum atomic E-state index is -0.585. The molecular weight excluding hydrogens is 250 g/mol. The predicted octanol–water partition coefficient (Wildman–Crippen LogP) is 3.16. The second-order valence-electron chi connectivity index (χ2n) is 6.06. The van der Waals surface area contributed by atoms with Crippen molar-refractivity contribution in [3.8, 4) is 6.07 Å². The van der Waals surface area contributed by atoms with Gasteiger partial charge in [-0.2, -0.15) is 5.26 Å². The number of hydrogen-bond acceptors (Lipinski definition) is 3. The van der Waals surface area contributed by atoms with Crippen molar-refractivity contribution in [2.24, 2.45) is 0 Å². The SMILES string of the molecule is CC(C)c1ccc(C#N)c(CCOCC2(O)CCC2)c1. The molecule has 3 nitrogen and oxygen atoms in total. The predicted molar refractivity (Wildman–Crippen MR) is 78.6 cm³/mol. The molecule has 1 saturated carbocycles. The molecule has 0 heterocycles. The summed E-state index contributed by atoms with van der Waals surface area (Å²) in [5, 5.41) is 19.1. The maximum Gasteiger partial charge on any atom is 0.0994 e. The monoisotopic (exact) mass is 273 g/mol. The lowest BCUT2D eigenvalue weighted by molar-refractivity contribution is -0.0952. The van der Waals surface area contributed by atoms with Gasteiger partial charge >= 0.3 is 0 Å². The third-order valence-electron chi connectivity index (χ3n) is 4.09. The Morgan fingerprint density at radius 2 is 2.15 bits per heavy atom. The number of benzene rings is 1. The Morgan fingerprint density at radius 3 is 2.70 bits per heavy atom. The van der Waals surface area contributed by atoms with Crippen LogP contribution in [0.3, 0.4) is 0 Å². The first-order chi connectivity index (χ1) is 9.54. The van der Waals surface area contributed by atoms with E-state index in [1.165, 1.54) is 5.56 Å². The molecule has 108 valence electrons. The van der Waals surface area contributed by atoms with Gasteiger partial charge in [0.05, 0.1) is 30.4 Å². The van der Waals surface area contributed by atoms with E-state index in [9.17, 15) is 5.11 Å². The zero-order valence-electron chi connectivity index (χ0n) is 12.4. The molecule has 0 saturated heterocycles. The molecular formula is C17H23NO2. The van der Waals surface area contributed by atoms with Gasteiger partial charge in [0.1, 0.15) is 0 Å². The maximum absolute atomic E-state index is 9.95. The van der Waals surface area contributed by atoms with Crippen LogP contribution in [0.5, 0.6) is 0 Å². The Labute approximate surface area is 121 Å². The van der Waals surface area contributed by atoms with Crippen molar-refractivity contribution in [1.82, 2.24) is 0 Å². The molecule has 1 fully saturated rings. The first-order valence-corrected chi connectivity index (χ1v) is 7.37. The first kappa shape index (κ1) is 15.0. The van der Waals surface area contributed by atoms with Crippen LogP contribution >= 0.6 is 0 Å². The van der Waals surface area contributed by atoms with Crippen molar-refractivity contribution in [3.63, 3.8) is 0 Å². The number of nitrogens with zero attached hydrogens (tertiary/aromatic N) is 1. The molecule has 1 aromatic carbocycles. The molecule has 20 heavy (non-hydrogen) atoms. The Morgan fingerprint density at radius 1 is 1.40 bits per heavy atom. The molecule has 0 aromatic heterocycles. The largest absolute Gasteiger partial charge is 0.387 e. The number of hydrogen-bond donors (Lipinski definition) is 1. The summed E-state index contributed by atoms with van der Waals surface area (Å²) in [6, 6.07) is 8.25. The van der Waals surface area contributed by atoms with E-state index in [0.29, 0.717) is 19.1 Å². The lowest BCUT2D eigenvalue weighted by atomic mass is 9.81. The first-order valence-electron chi connectivity index (χ1n) is 7.37. The van der Waals surface area contributed by atoms with Crippen molar-refractivity contribution in [2.75, 3.05) is 13.2 Å². The van der Waals surface area contributed by atoms with Crippen LogP contribution in [-0.4, -0.2) is 23.9 Å². The second kappa shape index (κ2) is 6.39. The van der Waals surface area contributed by atoms with Crippen molar-refractivity contribution < 1.29 is 9.84 Å². The van der Waals surface area contributed by atoms with Crippen molar-refractivity contribution >= 4 is 0 Å². The minimum Gasteiger partial charge on any atom is -0.387 e. The Balaban J connectivity index is 1.90. The third-order valence-corrected chi connectivity index (χ3v) is 4.09. The average Bonchev–Trinajstić information content (AvgIpc) is 2.41. The van der Waals surface area contributed by atoms with Gasteiger partial charge in [0.25, 0.3) is 0 Å². The van der Waals surface area contributed by atoms with E-state index >= 15 is 0 Å². The van der Waals surface area contributed by atoms with E-state index in [1.54, 1.807) is 0 Å². The molecule has 0 unspecified atom stereocenters. The summed E-state index contributed by atoms with van der Waals surface area (Å²) in [5.41, 5.74) is 2.42. The highest BCUT2D eigenvalue weighted by molar-refractivity contribution is 5.41. The van der Waals surface area contributed by atoms with Gasteiger partial charge in [0, 0.05) is 0 Å². The molecule has 2 rings (SSSR count). The van der Waals surface area contributed by atoms with Gasteiger partial charge in [-0.15, -0.1) is 0 Å². The Hall–Kier alpha value is -1.37. The summed E-state index contributed by atoms with van der Waals surface area (Å²) in [5.74, 6) is 0.457. The smallest absolute Gasteiger partial charge is 0.0994 e. The molecule has 0 spiro atoms. The van der Waals surface area contributed by atoms with Crippen LogP contribution in [0.25, 0.3) is 0 Å². The Bertz CT molecular complexity index is 498. The summed E-state index contributed by atoms with van der Waals surface area (Å²) in [4.78, 5) is 0. The zero-order chi connectivity index (χ0) is 14.6. The van der Waals surface area contributed by atoms with E-state index in [2.05, 4.69) is 26.0 Å². The summed E-state index contributed by atoms with van der Waals surface area (Å²) >= 11 is 0. The molecule has 3 heteroatoms. The average molecular weight is 273 g/mol. The fourth-order valence-corrected chi connectivity index (χ4v) is 2.46. The molecule has 1 aromatic rings. The fraction of sp³-hybridized carbons (Fsp3) is 0.588. The number of ether oxygens (including phenoxy) is 1. The van der Waals surface area contributed by atoms with Crippen LogP contribution in [0.15, 0.2) is 18.2 Å². The van der Waals surface area contributed by atoms with Crippen LogP contribution in [0.2, 0.25) is 0 Å². The summed E-state index contributed by atoms with van der Waals surface area (Å²) < 4.78 is 5.58. The van der Waals surface area contributed by atoms with Gasteiger partial charge in [-0.05, 0) is 48.8 Å². The molecule has 1 aliphatic rings. The highest BCUT2D eigenvalue weighted by Crippen LogP contribution is 2.31. The van der Waals surface area contributed by atoms with Gasteiger partial charge in [-0.25, -0.2) is 0 Å². The lowest BCUT2D eigenvalue weighted by Gasteiger charge is -2.36. The normalized spacial score (nSPS) is 16.8. The standard InChI is InChI=1S/C17H23NO2/c1-13(2)14-4-5-16(11-18)15(10-14)6-9-20-12-17(19)7-3-8-17/h4-5,10,13,19H,3,6-9,12H2,1-2H3. The highest BCUT2D eigenvalue weighted by Gasteiger charge is 2.34. The zero-order valence-corrected chi connectivity index (χ0v) is 12.4. The quantitative estimate of drug-likeness (QED) is 0.810. The van der Waals surface area contributed by atoms with Crippen molar-refractivity contribution in [2.45, 2.75) is 51.0 Å². The van der Waals surface area contributed by atoms with Crippen LogP contribution in [0.1, 0.15) is 55.7 Å². The highest BCUT2D eigenvalue weighted by atomic mass is 16.5. The van der Waals surface area contributed by atoms with E-state index in [1.807, 2.05) is 12.1 Å². The van der Waals surface area contributed by atoms with Crippen molar-refractivity contribution in [1.29, 1.82) is 5.26 Å². The minimum absolute atomic E-state index is 0.415. The third kappa shape index (κ3) is 3.59. The maximum atomic E-state index is 9.95. The van der Waals surface area contributed by atoms with Gasteiger partial charge in [-0.3, -0.25) is 0 Å².